The second-order valence-electron chi connectivity index (χ2n) is 5.86. The van der Waals surface area contributed by atoms with E-state index in [2.05, 4.69) is 27.6 Å². The first-order valence-corrected chi connectivity index (χ1v) is 7.91. The molecule has 2 aromatic rings. The molecule has 3 rings (SSSR count). The minimum absolute atomic E-state index is 0.0288. The first kappa shape index (κ1) is 14.3. The summed E-state index contributed by atoms with van der Waals surface area (Å²) < 4.78 is 5.87. The molecule has 0 bridgehead atoms. The van der Waals surface area contributed by atoms with Crippen LogP contribution in [0.3, 0.4) is 0 Å². The molecule has 1 aliphatic carbocycles. The van der Waals surface area contributed by atoms with Gasteiger partial charge in [-0.25, -0.2) is 0 Å². The van der Waals surface area contributed by atoms with Gasteiger partial charge in [-0.2, -0.15) is 0 Å². The van der Waals surface area contributed by atoms with Crippen LogP contribution in [-0.4, -0.2) is 17.2 Å². The van der Waals surface area contributed by atoms with Crippen LogP contribution in [-0.2, 0) is 6.42 Å². The predicted octanol–water partition coefficient (Wildman–Crippen LogP) is 3.50. The number of rotatable bonds is 6. The first-order valence-electron chi connectivity index (χ1n) is 7.91. The molecule has 0 amide bonds. The van der Waals surface area contributed by atoms with Gasteiger partial charge >= 0.3 is 0 Å². The smallest absolute Gasteiger partial charge is 0.237 e. The van der Waals surface area contributed by atoms with Crippen molar-refractivity contribution < 1.29 is 4.42 Å². The van der Waals surface area contributed by atoms with Gasteiger partial charge in [0.25, 0.3) is 0 Å². The lowest BCUT2D eigenvalue weighted by atomic mass is 10.0. The summed E-state index contributed by atoms with van der Waals surface area (Å²) in [6, 6.07) is 10.2. The van der Waals surface area contributed by atoms with Crippen LogP contribution < -0.4 is 5.32 Å². The number of aromatic nitrogens is 2. The van der Waals surface area contributed by atoms with Gasteiger partial charge in [-0.15, -0.1) is 10.2 Å². The van der Waals surface area contributed by atoms with E-state index in [0.29, 0.717) is 5.89 Å². The number of benzene rings is 1. The van der Waals surface area contributed by atoms with Gasteiger partial charge in [0, 0.05) is 6.42 Å². The van der Waals surface area contributed by atoms with Crippen molar-refractivity contribution in [2.24, 2.45) is 5.92 Å². The Labute approximate surface area is 126 Å². The highest BCUT2D eigenvalue weighted by Crippen LogP contribution is 2.29. The summed E-state index contributed by atoms with van der Waals surface area (Å²) in [5, 5.41) is 11.7. The van der Waals surface area contributed by atoms with Gasteiger partial charge in [-0.05, 0) is 24.9 Å². The summed E-state index contributed by atoms with van der Waals surface area (Å²) in [6.07, 6.45) is 7.58. The summed E-state index contributed by atoms with van der Waals surface area (Å²) in [5.41, 5.74) is 1.14. The fourth-order valence-electron chi connectivity index (χ4n) is 3.19. The maximum atomic E-state index is 5.87. The summed E-state index contributed by atoms with van der Waals surface area (Å²) >= 11 is 0. The third kappa shape index (κ3) is 3.50. The molecule has 1 N–H and O–H groups in total. The van der Waals surface area contributed by atoms with Crippen LogP contribution in [0.2, 0.25) is 0 Å². The fourth-order valence-corrected chi connectivity index (χ4v) is 3.19. The lowest BCUT2D eigenvalue weighted by molar-refractivity contribution is 0.395. The molecule has 1 fully saturated rings. The minimum Gasteiger partial charge on any atom is -0.423 e. The Morgan fingerprint density at radius 3 is 2.67 bits per heavy atom. The van der Waals surface area contributed by atoms with Crippen molar-refractivity contribution in [3.05, 3.63) is 47.7 Å². The van der Waals surface area contributed by atoms with Gasteiger partial charge in [-0.3, -0.25) is 0 Å². The maximum absolute atomic E-state index is 5.87. The molecule has 0 saturated heterocycles. The Hall–Kier alpha value is -1.68. The molecule has 21 heavy (non-hydrogen) atoms. The molecule has 4 nitrogen and oxygen atoms in total. The van der Waals surface area contributed by atoms with E-state index < -0.39 is 0 Å². The standard InChI is InChI=1S/C17H23N3O/c1-18-16(14-9-3-2-4-10-14)17-20-19-15(21-17)12-11-13-7-5-6-8-13/h2-4,9-10,13,16,18H,5-8,11-12H2,1H3. The minimum atomic E-state index is -0.0288. The highest BCUT2D eigenvalue weighted by atomic mass is 16.4. The van der Waals surface area contributed by atoms with Gasteiger partial charge in [0.2, 0.25) is 11.8 Å². The largest absolute Gasteiger partial charge is 0.423 e. The Bertz CT molecular complexity index is 546. The van der Waals surface area contributed by atoms with Crippen LogP contribution in [0.1, 0.15) is 55.5 Å². The van der Waals surface area contributed by atoms with Crippen molar-refractivity contribution in [3.8, 4) is 0 Å². The van der Waals surface area contributed by atoms with E-state index in [1.807, 2.05) is 25.2 Å². The quantitative estimate of drug-likeness (QED) is 0.882. The molecular formula is C17H23N3O. The molecule has 1 saturated carbocycles. The molecule has 0 aliphatic heterocycles. The average molecular weight is 285 g/mol. The average Bonchev–Trinajstić information content (AvgIpc) is 3.19. The number of hydrogen-bond donors (Lipinski definition) is 1. The Morgan fingerprint density at radius 1 is 1.19 bits per heavy atom. The summed E-state index contributed by atoms with van der Waals surface area (Å²) in [6.45, 7) is 0. The van der Waals surface area contributed by atoms with E-state index in [9.17, 15) is 0 Å². The number of hydrogen-bond acceptors (Lipinski definition) is 4. The second-order valence-corrected chi connectivity index (χ2v) is 5.86. The van der Waals surface area contributed by atoms with E-state index in [4.69, 9.17) is 4.42 Å². The van der Waals surface area contributed by atoms with Gasteiger partial charge < -0.3 is 9.73 Å². The summed E-state index contributed by atoms with van der Waals surface area (Å²) in [4.78, 5) is 0. The molecule has 1 heterocycles. The molecule has 1 aliphatic rings. The van der Waals surface area contributed by atoms with Crippen molar-refractivity contribution in [2.45, 2.75) is 44.6 Å². The lowest BCUT2D eigenvalue weighted by Gasteiger charge is -2.11. The second kappa shape index (κ2) is 6.85. The van der Waals surface area contributed by atoms with Crippen molar-refractivity contribution in [1.29, 1.82) is 0 Å². The number of aryl methyl sites for hydroxylation is 1. The van der Waals surface area contributed by atoms with Crippen LogP contribution in [0.5, 0.6) is 0 Å². The zero-order valence-electron chi connectivity index (χ0n) is 12.6. The van der Waals surface area contributed by atoms with Gasteiger partial charge in [0.05, 0.1) is 0 Å². The highest BCUT2D eigenvalue weighted by Gasteiger charge is 2.20. The molecule has 1 aromatic heterocycles. The lowest BCUT2D eigenvalue weighted by Crippen LogP contribution is -2.17. The fraction of sp³-hybridized carbons (Fsp3) is 0.529. The highest BCUT2D eigenvalue weighted by molar-refractivity contribution is 5.23. The van der Waals surface area contributed by atoms with Crippen molar-refractivity contribution in [2.75, 3.05) is 7.05 Å². The topological polar surface area (TPSA) is 51.0 Å². The van der Waals surface area contributed by atoms with E-state index >= 15 is 0 Å². The monoisotopic (exact) mass is 285 g/mol. The van der Waals surface area contributed by atoms with Crippen molar-refractivity contribution >= 4 is 0 Å². The molecule has 0 radical (unpaired) electrons. The van der Waals surface area contributed by atoms with Gasteiger partial charge in [-0.1, -0.05) is 56.0 Å². The molecule has 4 heteroatoms. The molecule has 1 unspecified atom stereocenters. The van der Waals surface area contributed by atoms with E-state index in [-0.39, 0.29) is 6.04 Å². The SMILES string of the molecule is CNC(c1ccccc1)c1nnc(CCC2CCCC2)o1. The molecule has 112 valence electrons. The molecule has 0 spiro atoms. The molecule has 1 aromatic carbocycles. The van der Waals surface area contributed by atoms with Crippen LogP contribution >= 0.6 is 0 Å². The zero-order valence-corrected chi connectivity index (χ0v) is 12.6. The van der Waals surface area contributed by atoms with Crippen molar-refractivity contribution in [3.63, 3.8) is 0 Å². The third-order valence-corrected chi connectivity index (χ3v) is 4.39. The number of nitrogens with one attached hydrogen (secondary N) is 1. The summed E-state index contributed by atoms with van der Waals surface area (Å²) in [5.74, 6) is 2.28. The van der Waals surface area contributed by atoms with Gasteiger partial charge in [0.15, 0.2) is 0 Å². The first-order chi connectivity index (χ1) is 10.4. The van der Waals surface area contributed by atoms with Crippen molar-refractivity contribution in [1.82, 2.24) is 15.5 Å². The van der Waals surface area contributed by atoms with E-state index in [0.717, 1.165) is 23.8 Å². The number of nitrogens with zero attached hydrogens (tertiary/aromatic N) is 2. The van der Waals surface area contributed by atoms with E-state index in [1.165, 1.54) is 32.1 Å². The molecule has 1 atom stereocenters. The predicted molar refractivity (Wildman–Crippen MR) is 81.9 cm³/mol. The Morgan fingerprint density at radius 2 is 1.95 bits per heavy atom. The van der Waals surface area contributed by atoms with Gasteiger partial charge in [0.1, 0.15) is 6.04 Å². The maximum Gasteiger partial charge on any atom is 0.237 e. The van der Waals surface area contributed by atoms with Crippen LogP contribution in [0.15, 0.2) is 34.7 Å². The zero-order chi connectivity index (χ0) is 14.5. The summed E-state index contributed by atoms with van der Waals surface area (Å²) in [7, 11) is 1.92. The third-order valence-electron chi connectivity index (χ3n) is 4.39. The normalized spacial score (nSPS) is 17.2. The Kier molecular flexibility index (Phi) is 4.65. The van der Waals surface area contributed by atoms with Crippen LogP contribution in [0.4, 0.5) is 0 Å². The van der Waals surface area contributed by atoms with Crippen LogP contribution in [0.25, 0.3) is 0 Å². The molecular weight excluding hydrogens is 262 g/mol. The van der Waals surface area contributed by atoms with Crippen LogP contribution in [0, 0.1) is 5.92 Å². The van der Waals surface area contributed by atoms with E-state index in [1.54, 1.807) is 0 Å². The Balaban J connectivity index is 1.65.